The predicted octanol–water partition coefficient (Wildman–Crippen LogP) is 2.32. The number of H-pyrrole nitrogens is 1. The average molecular weight is 301 g/mol. The van der Waals surface area contributed by atoms with E-state index in [4.69, 9.17) is 22.9 Å². The maximum atomic E-state index is 6.69. The van der Waals surface area contributed by atoms with Crippen LogP contribution in [0.15, 0.2) is 41.2 Å². The van der Waals surface area contributed by atoms with Crippen LogP contribution in [0.2, 0.25) is 5.02 Å². The van der Waals surface area contributed by atoms with Crippen molar-refractivity contribution in [2.24, 2.45) is 16.1 Å². The van der Waals surface area contributed by atoms with Crippen molar-refractivity contribution in [2.75, 3.05) is 0 Å². The molecule has 1 aromatic carbocycles. The Morgan fingerprint density at radius 2 is 2.10 bits per heavy atom. The minimum absolute atomic E-state index is 0.0439. The smallest absolute Gasteiger partial charge is 0.173 e. The topological polar surface area (TPSA) is 129 Å². The quantitative estimate of drug-likeness (QED) is 0.296. The van der Waals surface area contributed by atoms with Gasteiger partial charge in [-0.15, -0.1) is 5.10 Å². The SMILES string of the molecule is N=NN=C(N)c1cc(-c2cc(Cl)c3nc[nH]c3c2)ncn1. The number of benzene rings is 1. The van der Waals surface area contributed by atoms with Crippen LogP contribution in [0, 0.1) is 5.53 Å². The minimum atomic E-state index is 0.0439. The van der Waals surface area contributed by atoms with E-state index in [0.717, 1.165) is 11.1 Å². The second-order valence-corrected chi connectivity index (χ2v) is 4.54. The molecule has 0 saturated heterocycles. The van der Waals surface area contributed by atoms with Gasteiger partial charge in [0.1, 0.15) is 17.5 Å². The first-order valence-electron chi connectivity index (χ1n) is 5.84. The van der Waals surface area contributed by atoms with Crippen LogP contribution in [0.1, 0.15) is 5.69 Å². The molecule has 2 aromatic heterocycles. The van der Waals surface area contributed by atoms with Crippen molar-refractivity contribution in [3.8, 4) is 11.3 Å². The van der Waals surface area contributed by atoms with Gasteiger partial charge in [0.25, 0.3) is 0 Å². The predicted molar refractivity (Wildman–Crippen MR) is 78.0 cm³/mol. The van der Waals surface area contributed by atoms with Crippen LogP contribution in [0.5, 0.6) is 0 Å². The van der Waals surface area contributed by atoms with Gasteiger partial charge < -0.3 is 10.7 Å². The fraction of sp³-hybridized carbons (Fsp3) is 0. The van der Waals surface area contributed by atoms with Crippen molar-refractivity contribution in [1.82, 2.24) is 19.9 Å². The summed E-state index contributed by atoms with van der Waals surface area (Å²) in [5.74, 6) is 0.0439. The number of amidine groups is 1. The van der Waals surface area contributed by atoms with Gasteiger partial charge >= 0.3 is 0 Å². The third-order valence-corrected chi connectivity index (χ3v) is 3.15. The molecule has 0 aliphatic heterocycles. The lowest BCUT2D eigenvalue weighted by atomic mass is 10.1. The van der Waals surface area contributed by atoms with E-state index in [1.165, 1.54) is 6.33 Å². The number of fused-ring (bicyclic) bond motifs is 1. The molecule has 21 heavy (non-hydrogen) atoms. The molecule has 0 radical (unpaired) electrons. The minimum Gasteiger partial charge on any atom is -0.380 e. The molecule has 0 saturated carbocycles. The molecule has 3 aromatic rings. The lowest BCUT2D eigenvalue weighted by Gasteiger charge is -2.04. The summed E-state index contributed by atoms with van der Waals surface area (Å²) in [5, 5.41) is 6.84. The second-order valence-electron chi connectivity index (χ2n) is 4.13. The Bertz CT molecular complexity index is 853. The summed E-state index contributed by atoms with van der Waals surface area (Å²) in [6, 6.07) is 5.29. The fourth-order valence-corrected chi connectivity index (χ4v) is 2.18. The van der Waals surface area contributed by atoms with Crippen LogP contribution in [-0.2, 0) is 0 Å². The lowest BCUT2D eigenvalue weighted by Crippen LogP contribution is -2.14. The third-order valence-electron chi connectivity index (χ3n) is 2.86. The zero-order valence-electron chi connectivity index (χ0n) is 10.6. The summed E-state index contributed by atoms with van der Waals surface area (Å²) in [7, 11) is 0. The standard InChI is InChI=1S/C12H9ClN8/c13-7-1-6(2-9-11(7)19-5-17-9)8-3-10(18-4-16-8)12(14)20-21-15/h1-5H,(H,17,19)(H3,14,15,20). The average Bonchev–Trinajstić information content (AvgIpc) is 2.96. The molecule has 0 aliphatic carbocycles. The first-order valence-corrected chi connectivity index (χ1v) is 6.22. The van der Waals surface area contributed by atoms with Gasteiger partial charge in [-0.3, -0.25) is 0 Å². The molecule has 104 valence electrons. The molecule has 0 atom stereocenters. The highest BCUT2D eigenvalue weighted by Gasteiger charge is 2.09. The fourth-order valence-electron chi connectivity index (χ4n) is 1.91. The zero-order chi connectivity index (χ0) is 14.8. The molecule has 2 heterocycles. The van der Waals surface area contributed by atoms with Crippen molar-refractivity contribution in [2.45, 2.75) is 0 Å². The van der Waals surface area contributed by atoms with Crippen LogP contribution >= 0.6 is 11.6 Å². The summed E-state index contributed by atoms with van der Waals surface area (Å²) in [6.45, 7) is 0. The van der Waals surface area contributed by atoms with Crippen LogP contribution in [0.3, 0.4) is 0 Å². The molecule has 9 heteroatoms. The van der Waals surface area contributed by atoms with Gasteiger partial charge in [-0.2, -0.15) is 5.53 Å². The monoisotopic (exact) mass is 300 g/mol. The van der Waals surface area contributed by atoms with Gasteiger partial charge in [0, 0.05) is 5.56 Å². The molecule has 0 bridgehead atoms. The Morgan fingerprint density at radius 3 is 2.90 bits per heavy atom. The molecular formula is C12H9ClN8. The van der Waals surface area contributed by atoms with Crippen LogP contribution < -0.4 is 5.73 Å². The molecule has 0 amide bonds. The largest absolute Gasteiger partial charge is 0.380 e. The Labute approximate surface area is 123 Å². The van der Waals surface area contributed by atoms with Gasteiger partial charge in [-0.1, -0.05) is 16.8 Å². The van der Waals surface area contributed by atoms with Gasteiger partial charge in [0.15, 0.2) is 5.84 Å². The Hall–Kier alpha value is -2.87. The normalized spacial score (nSPS) is 11.8. The van der Waals surface area contributed by atoms with Gasteiger partial charge in [0.2, 0.25) is 0 Å². The number of halogens is 1. The van der Waals surface area contributed by atoms with Gasteiger partial charge in [-0.05, 0) is 18.2 Å². The van der Waals surface area contributed by atoms with E-state index in [-0.39, 0.29) is 5.84 Å². The summed E-state index contributed by atoms with van der Waals surface area (Å²) in [6.07, 6.45) is 2.94. The number of nitrogens with two attached hydrogens (primary N) is 1. The summed E-state index contributed by atoms with van der Waals surface area (Å²) in [5.41, 5.74) is 15.7. The van der Waals surface area contributed by atoms with E-state index in [2.05, 4.69) is 30.3 Å². The highest BCUT2D eigenvalue weighted by molar-refractivity contribution is 6.35. The molecule has 3 rings (SSSR count). The van der Waals surface area contributed by atoms with Crippen molar-refractivity contribution in [3.05, 3.63) is 41.6 Å². The molecule has 4 N–H and O–H groups in total. The molecular weight excluding hydrogens is 292 g/mol. The number of nitrogens with one attached hydrogen (secondary N) is 2. The number of nitrogens with zero attached hydrogens (tertiary/aromatic N) is 5. The Balaban J connectivity index is 2.12. The third kappa shape index (κ3) is 2.43. The number of rotatable bonds is 3. The van der Waals surface area contributed by atoms with Crippen molar-refractivity contribution in [3.63, 3.8) is 0 Å². The summed E-state index contributed by atoms with van der Waals surface area (Å²) >= 11 is 6.19. The van der Waals surface area contributed by atoms with E-state index in [9.17, 15) is 0 Å². The number of imidazole rings is 1. The Kier molecular flexibility index (Phi) is 3.28. The van der Waals surface area contributed by atoms with Crippen LogP contribution in [-0.4, -0.2) is 25.8 Å². The molecule has 0 aliphatic rings. The molecule has 8 nitrogen and oxygen atoms in total. The van der Waals surface area contributed by atoms with Gasteiger partial charge in [0.05, 0.1) is 22.6 Å². The summed E-state index contributed by atoms with van der Waals surface area (Å²) < 4.78 is 0. The number of hydrogen-bond donors (Lipinski definition) is 3. The number of aromatic nitrogens is 4. The second kappa shape index (κ2) is 5.25. The van der Waals surface area contributed by atoms with E-state index in [1.54, 1.807) is 18.5 Å². The molecule has 0 spiro atoms. The van der Waals surface area contributed by atoms with E-state index in [0.29, 0.717) is 21.9 Å². The molecule has 0 fully saturated rings. The lowest BCUT2D eigenvalue weighted by molar-refractivity contribution is 0.981. The summed E-state index contributed by atoms with van der Waals surface area (Å²) in [4.78, 5) is 15.3. The Morgan fingerprint density at radius 1 is 1.24 bits per heavy atom. The van der Waals surface area contributed by atoms with Crippen molar-refractivity contribution < 1.29 is 0 Å². The molecule has 0 unspecified atom stereocenters. The maximum absolute atomic E-state index is 6.69. The van der Waals surface area contributed by atoms with E-state index in [1.807, 2.05) is 6.07 Å². The van der Waals surface area contributed by atoms with Gasteiger partial charge in [-0.25, -0.2) is 15.0 Å². The number of hydrogen-bond acceptors (Lipinski definition) is 5. The zero-order valence-corrected chi connectivity index (χ0v) is 11.3. The van der Waals surface area contributed by atoms with E-state index >= 15 is 0 Å². The first-order chi connectivity index (χ1) is 10.2. The van der Waals surface area contributed by atoms with Crippen LogP contribution in [0.25, 0.3) is 22.3 Å². The maximum Gasteiger partial charge on any atom is 0.173 e. The van der Waals surface area contributed by atoms with E-state index < -0.39 is 0 Å². The highest BCUT2D eigenvalue weighted by Crippen LogP contribution is 2.27. The number of aromatic amines is 1. The highest BCUT2D eigenvalue weighted by atomic mass is 35.5. The van der Waals surface area contributed by atoms with Crippen molar-refractivity contribution >= 4 is 28.5 Å². The van der Waals surface area contributed by atoms with Crippen LogP contribution in [0.4, 0.5) is 0 Å². The van der Waals surface area contributed by atoms with Crippen molar-refractivity contribution in [1.29, 1.82) is 5.53 Å². The first kappa shape index (κ1) is 13.1.